The van der Waals surface area contributed by atoms with Crippen molar-refractivity contribution in [3.8, 4) is 0 Å². The van der Waals surface area contributed by atoms with Crippen molar-refractivity contribution in [1.82, 2.24) is 4.90 Å². The minimum absolute atomic E-state index is 0.118. The fraction of sp³-hybridized carbons (Fsp3) is 0.500. The molecule has 1 atom stereocenters. The molecule has 0 aliphatic rings. The first-order valence-corrected chi connectivity index (χ1v) is 6.77. The third kappa shape index (κ3) is 2.99. The maximum absolute atomic E-state index is 5.88. The molecular weight excluding hydrogens is 236 g/mol. The fourth-order valence-electron chi connectivity index (χ4n) is 2.43. The van der Waals surface area contributed by atoms with Gasteiger partial charge in [-0.2, -0.15) is 0 Å². The van der Waals surface area contributed by atoms with Gasteiger partial charge in [-0.25, -0.2) is 0 Å². The first-order chi connectivity index (χ1) is 8.94. The maximum atomic E-state index is 5.88. The van der Waals surface area contributed by atoms with Gasteiger partial charge in [-0.3, -0.25) is 0 Å². The lowest BCUT2D eigenvalue weighted by molar-refractivity contribution is 0.203. The van der Waals surface area contributed by atoms with Gasteiger partial charge in [0.1, 0.15) is 5.58 Å². The van der Waals surface area contributed by atoms with Crippen LogP contribution in [0.3, 0.4) is 0 Å². The molecule has 1 heterocycles. The Morgan fingerprint density at radius 1 is 1.26 bits per heavy atom. The number of benzene rings is 1. The van der Waals surface area contributed by atoms with E-state index in [1.165, 1.54) is 10.9 Å². The third-order valence-electron chi connectivity index (χ3n) is 3.79. The van der Waals surface area contributed by atoms with Gasteiger partial charge in [-0.15, -0.1) is 0 Å². The van der Waals surface area contributed by atoms with Crippen molar-refractivity contribution in [2.45, 2.75) is 26.3 Å². The van der Waals surface area contributed by atoms with E-state index >= 15 is 0 Å². The van der Waals surface area contributed by atoms with Gasteiger partial charge < -0.3 is 15.1 Å². The lowest BCUT2D eigenvalue weighted by Gasteiger charge is -2.32. The van der Waals surface area contributed by atoms with Crippen LogP contribution in [0.4, 0.5) is 0 Å². The predicted molar refractivity (Wildman–Crippen MR) is 80.1 cm³/mol. The van der Waals surface area contributed by atoms with E-state index in [1.807, 2.05) is 18.4 Å². The van der Waals surface area contributed by atoms with Crippen molar-refractivity contribution in [1.29, 1.82) is 0 Å². The van der Waals surface area contributed by atoms with E-state index in [0.29, 0.717) is 12.6 Å². The van der Waals surface area contributed by atoms with E-state index in [9.17, 15) is 0 Å². The van der Waals surface area contributed by atoms with Crippen molar-refractivity contribution >= 4 is 11.0 Å². The Labute approximate surface area is 115 Å². The smallest absolute Gasteiger partial charge is 0.134 e. The molecule has 3 nitrogen and oxygen atoms in total. The molecule has 0 radical (unpaired) electrons. The molecule has 3 heteroatoms. The molecule has 0 aliphatic heterocycles. The zero-order valence-electron chi connectivity index (χ0n) is 12.3. The van der Waals surface area contributed by atoms with Crippen LogP contribution in [0, 0.1) is 5.41 Å². The number of furan rings is 1. The molecule has 0 amide bonds. The summed E-state index contributed by atoms with van der Waals surface area (Å²) in [6, 6.07) is 8.52. The topological polar surface area (TPSA) is 42.4 Å². The van der Waals surface area contributed by atoms with Crippen LogP contribution in [-0.2, 0) is 0 Å². The van der Waals surface area contributed by atoms with Gasteiger partial charge in [0, 0.05) is 17.0 Å². The van der Waals surface area contributed by atoms with E-state index in [1.54, 1.807) is 0 Å². The molecule has 0 aliphatic carbocycles. The van der Waals surface area contributed by atoms with Gasteiger partial charge in [0.15, 0.2) is 0 Å². The van der Waals surface area contributed by atoms with Crippen molar-refractivity contribution < 1.29 is 4.42 Å². The zero-order chi connectivity index (χ0) is 14.0. The summed E-state index contributed by atoms with van der Waals surface area (Å²) >= 11 is 0. The SMILES string of the molecule is CN(C)C(CC(C)(C)CN)c1coc2ccccc12. The van der Waals surface area contributed by atoms with Crippen LogP contribution >= 0.6 is 0 Å². The van der Waals surface area contributed by atoms with E-state index < -0.39 is 0 Å². The monoisotopic (exact) mass is 260 g/mol. The molecule has 2 N–H and O–H groups in total. The van der Waals surface area contributed by atoms with Gasteiger partial charge in [0.25, 0.3) is 0 Å². The largest absolute Gasteiger partial charge is 0.464 e. The average Bonchev–Trinajstić information content (AvgIpc) is 2.79. The van der Waals surface area contributed by atoms with E-state index in [4.69, 9.17) is 10.2 Å². The van der Waals surface area contributed by atoms with Gasteiger partial charge in [-0.05, 0) is 38.5 Å². The summed E-state index contributed by atoms with van der Waals surface area (Å²) in [6.07, 6.45) is 2.90. The molecular formula is C16H24N2O. The third-order valence-corrected chi connectivity index (χ3v) is 3.79. The second-order valence-electron chi connectivity index (χ2n) is 6.24. The summed E-state index contributed by atoms with van der Waals surface area (Å²) in [6.45, 7) is 5.12. The lowest BCUT2D eigenvalue weighted by Crippen LogP contribution is -2.31. The highest BCUT2D eigenvalue weighted by molar-refractivity contribution is 5.81. The van der Waals surface area contributed by atoms with E-state index in [-0.39, 0.29) is 5.41 Å². The molecule has 2 aromatic rings. The Morgan fingerprint density at radius 2 is 1.95 bits per heavy atom. The number of hydrogen-bond acceptors (Lipinski definition) is 3. The van der Waals surface area contributed by atoms with Crippen molar-refractivity contribution in [2.24, 2.45) is 11.1 Å². The number of para-hydroxylation sites is 1. The fourth-order valence-corrected chi connectivity index (χ4v) is 2.43. The van der Waals surface area contributed by atoms with Crippen LogP contribution in [0.1, 0.15) is 31.9 Å². The molecule has 0 saturated heterocycles. The second kappa shape index (κ2) is 5.35. The Hall–Kier alpha value is -1.32. The first-order valence-electron chi connectivity index (χ1n) is 6.77. The summed E-state index contributed by atoms with van der Waals surface area (Å²) in [5, 5.41) is 1.20. The number of hydrogen-bond donors (Lipinski definition) is 1. The summed E-state index contributed by atoms with van der Waals surface area (Å²) in [5.74, 6) is 0. The lowest BCUT2D eigenvalue weighted by atomic mass is 9.83. The van der Waals surface area contributed by atoms with Crippen LogP contribution < -0.4 is 5.73 Å². The molecule has 0 spiro atoms. The highest BCUT2D eigenvalue weighted by Crippen LogP contribution is 2.36. The summed E-state index contributed by atoms with van der Waals surface area (Å²) in [5.41, 5.74) is 8.20. The predicted octanol–water partition coefficient (Wildman–Crippen LogP) is 3.41. The Bertz CT molecular complexity index is 542. The Kier molecular flexibility index (Phi) is 3.97. The van der Waals surface area contributed by atoms with Crippen LogP contribution in [0.2, 0.25) is 0 Å². The average molecular weight is 260 g/mol. The van der Waals surface area contributed by atoms with Crippen LogP contribution in [0.25, 0.3) is 11.0 Å². The number of rotatable bonds is 5. The van der Waals surface area contributed by atoms with E-state index in [2.05, 4.69) is 45.0 Å². The highest BCUT2D eigenvalue weighted by Gasteiger charge is 2.26. The van der Waals surface area contributed by atoms with Crippen molar-refractivity contribution in [3.63, 3.8) is 0 Å². The van der Waals surface area contributed by atoms with Crippen LogP contribution in [0.15, 0.2) is 34.9 Å². The minimum Gasteiger partial charge on any atom is -0.464 e. The molecule has 1 unspecified atom stereocenters. The van der Waals surface area contributed by atoms with Gasteiger partial charge in [-0.1, -0.05) is 32.0 Å². The van der Waals surface area contributed by atoms with Gasteiger partial charge in [0.2, 0.25) is 0 Å². The standard InChI is InChI=1S/C16H24N2O/c1-16(2,11-17)9-14(18(3)4)13-10-19-15-8-6-5-7-12(13)15/h5-8,10,14H,9,11,17H2,1-4H3. The number of nitrogens with two attached hydrogens (primary N) is 1. The molecule has 0 bridgehead atoms. The number of fused-ring (bicyclic) bond motifs is 1. The molecule has 0 saturated carbocycles. The first kappa shape index (κ1) is 14.1. The molecule has 0 fully saturated rings. The molecule has 1 aromatic heterocycles. The summed E-state index contributed by atoms with van der Waals surface area (Å²) < 4.78 is 5.67. The summed E-state index contributed by atoms with van der Waals surface area (Å²) in [4.78, 5) is 2.24. The molecule has 104 valence electrons. The molecule has 19 heavy (non-hydrogen) atoms. The number of nitrogens with zero attached hydrogens (tertiary/aromatic N) is 1. The van der Waals surface area contributed by atoms with Gasteiger partial charge >= 0.3 is 0 Å². The van der Waals surface area contributed by atoms with Gasteiger partial charge in [0.05, 0.1) is 6.26 Å². The van der Waals surface area contributed by atoms with Crippen molar-refractivity contribution in [3.05, 3.63) is 36.1 Å². The highest BCUT2D eigenvalue weighted by atomic mass is 16.3. The minimum atomic E-state index is 0.118. The Balaban J connectivity index is 2.39. The van der Waals surface area contributed by atoms with E-state index in [0.717, 1.165) is 12.0 Å². The second-order valence-corrected chi connectivity index (χ2v) is 6.24. The zero-order valence-corrected chi connectivity index (χ0v) is 12.3. The maximum Gasteiger partial charge on any atom is 0.134 e. The molecule has 2 rings (SSSR count). The summed E-state index contributed by atoms with van der Waals surface area (Å²) in [7, 11) is 4.22. The van der Waals surface area contributed by atoms with Crippen molar-refractivity contribution in [2.75, 3.05) is 20.6 Å². The quantitative estimate of drug-likeness (QED) is 0.895. The Morgan fingerprint density at radius 3 is 2.58 bits per heavy atom. The molecule has 1 aromatic carbocycles. The van der Waals surface area contributed by atoms with Crippen LogP contribution in [-0.4, -0.2) is 25.5 Å². The van der Waals surface area contributed by atoms with Crippen LogP contribution in [0.5, 0.6) is 0 Å². The normalized spacial score (nSPS) is 14.2.